The average molecular weight is 496 g/mol. The van der Waals surface area contributed by atoms with Gasteiger partial charge in [0.25, 0.3) is 0 Å². The number of urea groups is 1. The van der Waals surface area contributed by atoms with E-state index in [0.29, 0.717) is 12.5 Å². The molecule has 0 aromatic heterocycles. The summed E-state index contributed by atoms with van der Waals surface area (Å²) in [4.78, 5) is 51.8. The Labute approximate surface area is 204 Å². The molecule has 1 aliphatic rings. The number of benzene rings is 1. The maximum Gasteiger partial charge on any atom is 0.319 e. The van der Waals surface area contributed by atoms with Crippen LogP contribution in [0.15, 0.2) is 18.2 Å². The second kappa shape index (κ2) is 11.5. The summed E-state index contributed by atoms with van der Waals surface area (Å²) in [7, 11) is 0. The van der Waals surface area contributed by atoms with Crippen LogP contribution in [0.4, 0.5) is 19.3 Å². The molecule has 11 heteroatoms. The minimum atomic E-state index is -0.937. The van der Waals surface area contributed by atoms with Crippen molar-refractivity contribution in [3.63, 3.8) is 0 Å². The predicted octanol–water partition coefficient (Wildman–Crippen LogP) is 2.51. The minimum Gasteiger partial charge on any atom is -0.368 e. The molecule has 5 N–H and O–H groups in total. The molecule has 0 bridgehead atoms. The lowest BCUT2D eigenvalue weighted by Gasteiger charge is -2.28. The second-order valence-electron chi connectivity index (χ2n) is 10.5. The number of anilines is 1. The number of carbonyl (C=O) groups excluding carboxylic acids is 4. The van der Waals surface area contributed by atoms with Crippen molar-refractivity contribution >= 4 is 29.4 Å². The lowest BCUT2D eigenvalue weighted by molar-refractivity contribution is -0.140. The maximum atomic E-state index is 13.9. The summed E-state index contributed by atoms with van der Waals surface area (Å²) in [6.45, 7) is 9.50. The van der Waals surface area contributed by atoms with E-state index in [4.69, 9.17) is 5.73 Å². The van der Waals surface area contributed by atoms with Gasteiger partial charge in [-0.05, 0) is 36.3 Å². The lowest BCUT2D eigenvalue weighted by atomic mass is 9.91. The van der Waals surface area contributed by atoms with Crippen molar-refractivity contribution in [3.8, 4) is 0 Å². The van der Waals surface area contributed by atoms with Crippen molar-refractivity contribution in [2.24, 2.45) is 17.1 Å². The number of nitrogens with one attached hydrogen (secondary N) is 3. The number of nitrogens with zero attached hydrogens (tertiary/aromatic N) is 1. The topological polar surface area (TPSA) is 134 Å². The first-order chi connectivity index (χ1) is 16.2. The number of carbonyl (C=O) groups is 4. The highest BCUT2D eigenvalue weighted by Crippen LogP contribution is 2.26. The van der Waals surface area contributed by atoms with E-state index >= 15 is 0 Å². The zero-order valence-electron chi connectivity index (χ0n) is 20.8. The molecular formula is C24H35F2N5O4. The molecular weight excluding hydrogens is 460 g/mol. The van der Waals surface area contributed by atoms with Crippen LogP contribution in [0.2, 0.25) is 0 Å². The molecule has 0 saturated carbocycles. The molecule has 3 atom stereocenters. The van der Waals surface area contributed by atoms with Gasteiger partial charge in [0.15, 0.2) is 0 Å². The second-order valence-corrected chi connectivity index (χ2v) is 10.5. The summed E-state index contributed by atoms with van der Waals surface area (Å²) in [5.74, 6) is -3.10. The Kier molecular flexibility index (Phi) is 9.17. The van der Waals surface area contributed by atoms with Crippen molar-refractivity contribution in [1.29, 1.82) is 0 Å². The van der Waals surface area contributed by atoms with Gasteiger partial charge in [0, 0.05) is 19.0 Å². The molecule has 1 aromatic rings. The summed E-state index contributed by atoms with van der Waals surface area (Å²) >= 11 is 0. The molecule has 0 radical (unpaired) electrons. The van der Waals surface area contributed by atoms with Crippen molar-refractivity contribution in [3.05, 3.63) is 29.8 Å². The van der Waals surface area contributed by atoms with Crippen LogP contribution in [0.1, 0.15) is 53.9 Å². The average Bonchev–Trinajstić information content (AvgIpc) is 3.12. The van der Waals surface area contributed by atoms with Crippen LogP contribution >= 0.6 is 0 Å². The Morgan fingerprint density at radius 3 is 2.37 bits per heavy atom. The molecule has 194 valence electrons. The van der Waals surface area contributed by atoms with Gasteiger partial charge in [-0.2, -0.15) is 0 Å². The third-order valence-electron chi connectivity index (χ3n) is 5.49. The molecule has 1 heterocycles. The van der Waals surface area contributed by atoms with Crippen LogP contribution in [-0.2, 0) is 14.4 Å². The third kappa shape index (κ3) is 8.48. The minimum absolute atomic E-state index is 0.0533. The van der Waals surface area contributed by atoms with Gasteiger partial charge in [-0.1, -0.05) is 34.6 Å². The molecule has 5 amide bonds. The summed E-state index contributed by atoms with van der Waals surface area (Å²) in [5.41, 5.74) is 4.89. The van der Waals surface area contributed by atoms with Crippen molar-refractivity contribution in [2.45, 2.75) is 72.0 Å². The van der Waals surface area contributed by atoms with Crippen LogP contribution in [-0.4, -0.2) is 53.3 Å². The summed E-state index contributed by atoms with van der Waals surface area (Å²) < 4.78 is 27.0. The van der Waals surface area contributed by atoms with E-state index in [2.05, 4.69) is 16.0 Å². The Hall–Kier alpha value is -3.24. The van der Waals surface area contributed by atoms with Crippen molar-refractivity contribution < 1.29 is 28.0 Å². The molecule has 35 heavy (non-hydrogen) atoms. The standard InChI is InChI=1S/C24H35F2N5O4/c1-13(2)8-18(21(27)33)29-22(34)19-10-15(12-31(19)20(32)11-24(3,4)5)28-23(35)30-17-7-6-14(25)9-16(17)26/h6-7,9,13,15,18-19H,8,10-12H2,1-5H3,(H2,27,33)(H,29,34)(H2,28,30,35)/t15-,18-,19-/m0/s1. The lowest BCUT2D eigenvalue weighted by Crippen LogP contribution is -2.52. The molecule has 0 aliphatic carbocycles. The number of halogens is 2. The zero-order valence-corrected chi connectivity index (χ0v) is 20.8. The fraction of sp³-hybridized carbons (Fsp3) is 0.583. The Morgan fingerprint density at radius 2 is 1.83 bits per heavy atom. The fourth-order valence-corrected chi connectivity index (χ4v) is 3.94. The molecule has 0 spiro atoms. The summed E-state index contributed by atoms with van der Waals surface area (Å²) in [5, 5.41) is 7.58. The number of rotatable bonds is 8. The normalized spacial score (nSPS) is 18.8. The van der Waals surface area contributed by atoms with E-state index in [0.717, 1.165) is 12.1 Å². The van der Waals surface area contributed by atoms with E-state index in [1.54, 1.807) is 0 Å². The largest absolute Gasteiger partial charge is 0.368 e. The highest BCUT2D eigenvalue weighted by molar-refractivity contribution is 5.93. The number of primary amides is 1. The number of hydrogen-bond donors (Lipinski definition) is 4. The van der Waals surface area contributed by atoms with Crippen molar-refractivity contribution in [2.75, 3.05) is 11.9 Å². The molecule has 2 rings (SSSR count). The first kappa shape index (κ1) is 28.0. The monoisotopic (exact) mass is 495 g/mol. The van der Waals surface area contributed by atoms with Crippen LogP contribution in [0.5, 0.6) is 0 Å². The molecule has 9 nitrogen and oxygen atoms in total. The molecule has 0 unspecified atom stereocenters. The van der Waals surface area contributed by atoms with Crippen LogP contribution in [0.3, 0.4) is 0 Å². The number of hydrogen-bond acceptors (Lipinski definition) is 4. The summed E-state index contributed by atoms with van der Waals surface area (Å²) in [6, 6.07) is -0.452. The number of nitrogens with two attached hydrogens (primary N) is 1. The van der Waals surface area contributed by atoms with Crippen molar-refractivity contribution in [1.82, 2.24) is 15.5 Å². The Morgan fingerprint density at radius 1 is 1.17 bits per heavy atom. The Balaban J connectivity index is 2.15. The van der Waals surface area contributed by atoms with Crippen LogP contribution in [0.25, 0.3) is 0 Å². The van der Waals surface area contributed by atoms with Gasteiger partial charge in [-0.3, -0.25) is 14.4 Å². The van der Waals surface area contributed by atoms with Gasteiger partial charge < -0.3 is 26.6 Å². The van der Waals surface area contributed by atoms with Gasteiger partial charge in [-0.25, -0.2) is 13.6 Å². The highest BCUT2D eigenvalue weighted by Gasteiger charge is 2.41. The van der Waals surface area contributed by atoms with Gasteiger partial charge in [0.05, 0.1) is 11.7 Å². The Bertz CT molecular complexity index is 964. The highest BCUT2D eigenvalue weighted by atomic mass is 19.1. The first-order valence-corrected chi connectivity index (χ1v) is 11.6. The third-order valence-corrected chi connectivity index (χ3v) is 5.49. The zero-order chi connectivity index (χ0) is 26.5. The predicted molar refractivity (Wildman–Crippen MR) is 127 cm³/mol. The summed E-state index contributed by atoms with van der Waals surface area (Å²) in [6.07, 6.45) is 0.604. The van der Waals surface area contributed by atoms with E-state index in [1.807, 2.05) is 34.6 Å². The number of likely N-dealkylation sites (tertiary alicyclic amines) is 1. The first-order valence-electron chi connectivity index (χ1n) is 11.6. The van der Waals surface area contributed by atoms with Gasteiger partial charge in [0.1, 0.15) is 23.7 Å². The van der Waals surface area contributed by atoms with Crippen LogP contribution in [0, 0.1) is 23.0 Å². The molecule has 1 fully saturated rings. The van der Waals surface area contributed by atoms with E-state index < -0.39 is 47.6 Å². The molecule has 1 saturated heterocycles. The quantitative estimate of drug-likeness (QED) is 0.441. The van der Waals surface area contributed by atoms with Gasteiger partial charge in [-0.15, -0.1) is 0 Å². The van der Waals surface area contributed by atoms with Gasteiger partial charge in [0.2, 0.25) is 17.7 Å². The van der Waals surface area contributed by atoms with Crippen LogP contribution < -0.4 is 21.7 Å². The molecule has 1 aromatic carbocycles. The smallest absolute Gasteiger partial charge is 0.319 e. The van der Waals surface area contributed by atoms with E-state index in [-0.39, 0.29) is 42.3 Å². The van der Waals surface area contributed by atoms with Gasteiger partial charge >= 0.3 is 6.03 Å². The SMILES string of the molecule is CC(C)C[C@H](NC(=O)[C@@H]1C[C@H](NC(=O)Nc2ccc(F)cc2F)CN1C(=O)CC(C)(C)C)C(N)=O. The number of amides is 5. The fourth-order valence-electron chi connectivity index (χ4n) is 3.94. The maximum absolute atomic E-state index is 13.9. The van der Waals surface area contributed by atoms with E-state index in [1.165, 1.54) is 4.90 Å². The van der Waals surface area contributed by atoms with E-state index in [9.17, 15) is 28.0 Å². The molecule has 1 aliphatic heterocycles.